The molecule has 1 unspecified atom stereocenters. The normalized spacial score (nSPS) is 13.4. The molecule has 1 atom stereocenters. The van der Waals surface area contributed by atoms with Crippen LogP contribution in [0.15, 0.2) is 6.33 Å². The Morgan fingerprint density at radius 3 is 3.00 bits per heavy atom. The van der Waals surface area contributed by atoms with Gasteiger partial charge in [-0.25, -0.2) is 9.67 Å². The van der Waals surface area contributed by atoms with Crippen molar-refractivity contribution in [1.29, 1.82) is 0 Å². The van der Waals surface area contributed by atoms with Crippen LogP contribution in [0.5, 0.6) is 0 Å². The fraction of sp³-hybridized carbons (Fsp3) is 0.714. The van der Waals surface area contributed by atoms with Crippen LogP contribution in [-0.4, -0.2) is 14.8 Å². The van der Waals surface area contributed by atoms with Crippen molar-refractivity contribution in [3.05, 3.63) is 12.2 Å². The first-order chi connectivity index (χ1) is 5.29. The molecule has 1 aromatic heterocycles. The van der Waals surface area contributed by atoms with Crippen molar-refractivity contribution in [2.75, 3.05) is 0 Å². The highest BCUT2D eigenvalue weighted by Gasteiger charge is 2.06. The van der Waals surface area contributed by atoms with Gasteiger partial charge in [0.15, 0.2) is 0 Å². The first-order valence-corrected chi connectivity index (χ1v) is 3.88. The molecule has 1 rings (SSSR count). The third-order valence-corrected chi connectivity index (χ3v) is 1.84. The smallest absolute Gasteiger partial charge is 0.140 e. The van der Waals surface area contributed by atoms with Crippen LogP contribution in [-0.2, 0) is 6.54 Å². The Kier molecular flexibility index (Phi) is 2.59. The highest BCUT2D eigenvalue weighted by atomic mass is 15.3. The number of hydrogen-bond donors (Lipinski definition) is 1. The molecule has 0 aliphatic carbocycles. The van der Waals surface area contributed by atoms with E-state index in [1.54, 1.807) is 6.33 Å². The first kappa shape index (κ1) is 8.20. The molecule has 0 radical (unpaired) electrons. The monoisotopic (exact) mass is 154 g/mol. The standard InChI is InChI=1S/C7H14N4/c1-3-6(2)11-7(4-8)9-5-10-11/h5-6H,3-4,8H2,1-2H3. The maximum absolute atomic E-state index is 5.46. The highest BCUT2D eigenvalue weighted by molar-refractivity contribution is 4.84. The van der Waals surface area contributed by atoms with Gasteiger partial charge in [-0.05, 0) is 13.3 Å². The SMILES string of the molecule is CCC(C)n1ncnc1CN. The molecule has 1 aromatic rings. The second kappa shape index (κ2) is 3.48. The predicted molar refractivity (Wildman–Crippen MR) is 42.9 cm³/mol. The molecule has 0 aliphatic rings. The number of aromatic nitrogens is 3. The lowest BCUT2D eigenvalue weighted by atomic mass is 10.3. The van der Waals surface area contributed by atoms with Gasteiger partial charge in [0.05, 0.1) is 12.6 Å². The molecular weight excluding hydrogens is 140 g/mol. The van der Waals surface area contributed by atoms with E-state index in [2.05, 4.69) is 23.9 Å². The summed E-state index contributed by atoms with van der Waals surface area (Å²) >= 11 is 0. The minimum absolute atomic E-state index is 0.399. The van der Waals surface area contributed by atoms with Gasteiger partial charge in [0.1, 0.15) is 12.2 Å². The highest BCUT2D eigenvalue weighted by Crippen LogP contribution is 2.09. The first-order valence-electron chi connectivity index (χ1n) is 3.88. The average molecular weight is 154 g/mol. The van der Waals surface area contributed by atoms with Crippen LogP contribution in [0.25, 0.3) is 0 Å². The molecule has 62 valence electrons. The Bertz CT molecular complexity index is 218. The van der Waals surface area contributed by atoms with Crippen LogP contribution in [0.1, 0.15) is 32.1 Å². The van der Waals surface area contributed by atoms with Crippen LogP contribution in [0.3, 0.4) is 0 Å². The van der Waals surface area contributed by atoms with E-state index in [4.69, 9.17) is 5.73 Å². The van der Waals surface area contributed by atoms with Gasteiger partial charge in [-0.2, -0.15) is 5.10 Å². The van der Waals surface area contributed by atoms with Gasteiger partial charge in [0.2, 0.25) is 0 Å². The van der Waals surface area contributed by atoms with Crippen LogP contribution in [0, 0.1) is 0 Å². The van der Waals surface area contributed by atoms with Crippen molar-refractivity contribution >= 4 is 0 Å². The Labute approximate surface area is 66.4 Å². The molecule has 0 aromatic carbocycles. The Morgan fingerprint density at radius 1 is 1.73 bits per heavy atom. The summed E-state index contributed by atoms with van der Waals surface area (Å²) in [5.41, 5.74) is 5.46. The summed E-state index contributed by atoms with van der Waals surface area (Å²) in [6, 6.07) is 0.399. The average Bonchev–Trinajstić information content (AvgIpc) is 2.50. The summed E-state index contributed by atoms with van der Waals surface area (Å²) in [5.74, 6) is 0.861. The van der Waals surface area contributed by atoms with Gasteiger partial charge >= 0.3 is 0 Å². The van der Waals surface area contributed by atoms with E-state index in [1.807, 2.05) is 4.68 Å². The molecule has 4 nitrogen and oxygen atoms in total. The zero-order valence-electron chi connectivity index (χ0n) is 6.99. The number of hydrogen-bond acceptors (Lipinski definition) is 3. The summed E-state index contributed by atoms with van der Waals surface area (Å²) in [5, 5.41) is 4.08. The van der Waals surface area contributed by atoms with Gasteiger partial charge in [0.25, 0.3) is 0 Å². The summed E-state index contributed by atoms with van der Waals surface area (Å²) in [4.78, 5) is 4.03. The predicted octanol–water partition coefficient (Wildman–Crippen LogP) is 0.708. The van der Waals surface area contributed by atoms with Crippen LogP contribution in [0.4, 0.5) is 0 Å². The zero-order chi connectivity index (χ0) is 8.27. The second-order valence-corrected chi connectivity index (χ2v) is 2.58. The minimum Gasteiger partial charge on any atom is -0.324 e. The van der Waals surface area contributed by atoms with Gasteiger partial charge in [-0.1, -0.05) is 6.92 Å². The van der Waals surface area contributed by atoms with Crippen LogP contribution in [0.2, 0.25) is 0 Å². The van der Waals surface area contributed by atoms with Crippen LogP contribution >= 0.6 is 0 Å². The fourth-order valence-electron chi connectivity index (χ4n) is 0.961. The molecule has 2 N–H and O–H groups in total. The molecule has 0 fully saturated rings. The Morgan fingerprint density at radius 2 is 2.45 bits per heavy atom. The maximum atomic E-state index is 5.46. The maximum Gasteiger partial charge on any atom is 0.140 e. The fourth-order valence-corrected chi connectivity index (χ4v) is 0.961. The van der Waals surface area contributed by atoms with Gasteiger partial charge < -0.3 is 5.73 Å². The van der Waals surface area contributed by atoms with E-state index in [1.165, 1.54) is 0 Å². The molecule has 1 heterocycles. The third kappa shape index (κ3) is 1.57. The van der Waals surface area contributed by atoms with Crippen molar-refractivity contribution < 1.29 is 0 Å². The van der Waals surface area contributed by atoms with Gasteiger partial charge in [-0.3, -0.25) is 0 Å². The zero-order valence-corrected chi connectivity index (χ0v) is 6.99. The molecule has 0 aliphatic heterocycles. The van der Waals surface area contributed by atoms with Crippen LogP contribution < -0.4 is 5.73 Å². The molecule has 4 heteroatoms. The Balaban J connectivity index is 2.83. The number of nitrogens with two attached hydrogens (primary N) is 1. The minimum atomic E-state index is 0.399. The van der Waals surface area contributed by atoms with Crippen molar-refractivity contribution in [2.24, 2.45) is 5.73 Å². The van der Waals surface area contributed by atoms with E-state index in [0.717, 1.165) is 12.2 Å². The van der Waals surface area contributed by atoms with Crippen molar-refractivity contribution in [3.8, 4) is 0 Å². The number of nitrogens with zero attached hydrogens (tertiary/aromatic N) is 3. The molecule has 0 spiro atoms. The molecule has 11 heavy (non-hydrogen) atoms. The largest absolute Gasteiger partial charge is 0.324 e. The lowest BCUT2D eigenvalue weighted by molar-refractivity contribution is 0.457. The van der Waals surface area contributed by atoms with E-state index >= 15 is 0 Å². The van der Waals surface area contributed by atoms with E-state index in [9.17, 15) is 0 Å². The second-order valence-electron chi connectivity index (χ2n) is 2.58. The molecule has 0 amide bonds. The summed E-state index contributed by atoms with van der Waals surface area (Å²) in [7, 11) is 0. The molecule has 0 saturated heterocycles. The summed E-state index contributed by atoms with van der Waals surface area (Å²) in [6.07, 6.45) is 2.60. The quantitative estimate of drug-likeness (QED) is 0.697. The van der Waals surface area contributed by atoms with Crippen molar-refractivity contribution in [1.82, 2.24) is 14.8 Å². The number of rotatable bonds is 3. The molecule has 0 saturated carbocycles. The third-order valence-electron chi connectivity index (χ3n) is 1.84. The molecule has 0 bridgehead atoms. The summed E-state index contributed by atoms with van der Waals surface area (Å²) in [6.45, 7) is 4.69. The van der Waals surface area contributed by atoms with Gasteiger partial charge in [-0.15, -0.1) is 0 Å². The summed E-state index contributed by atoms with van der Waals surface area (Å²) < 4.78 is 1.88. The van der Waals surface area contributed by atoms with Crippen molar-refractivity contribution in [3.63, 3.8) is 0 Å². The lowest BCUT2D eigenvalue weighted by Crippen LogP contribution is -2.13. The van der Waals surface area contributed by atoms with E-state index in [0.29, 0.717) is 12.6 Å². The molecular formula is C7H14N4. The van der Waals surface area contributed by atoms with Crippen molar-refractivity contribution in [2.45, 2.75) is 32.9 Å². The van der Waals surface area contributed by atoms with Gasteiger partial charge in [0, 0.05) is 0 Å². The Hall–Kier alpha value is -0.900. The van der Waals surface area contributed by atoms with E-state index < -0.39 is 0 Å². The lowest BCUT2D eigenvalue weighted by Gasteiger charge is -2.10. The topological polar surface area (TPSA) is 56.7 Å². The van der Waals surface area contributed by atoms with E-state index in [-0.39, 0.29) is 0 Å².